The summed E-state index contributed by atoms with van der Waals surface area (Å²) in [6.07, 6.45) is 5.73. The van der Waals surface area contributed by atoms with Crippen LogP contribution in [-0.2, 0) is 4.74 Å². The van der Waals surface area contributed by atoms with Crippen molar-refractivity contribution in [2.45, 2.75) is 62.7 Å². The van der Waals surface area contributed by atoms with E-state index in [1.807, 2.05) is 0 Å². The minimum Gasteiger partial charge on any atom is -0.394 e. The summed E-state index contributed by atoms with van der Waals surface area (Å²) in [7, 11) is 0. The summed E-state index contributed by atoms with van der Waals surface area (Å²) in [5, 5.41) is 33.5. The van der Waals surface area contributed by atoms with Gasteiger partial charge in [-0.25, -0.2) is 15.0 Å². The van der Waals surface area contributed by atoms with Gasteiger partial charge < -0.3 is 25.4 Å². The third kappa shape index (κ3) is 2.71. The van der Waals surface area contributed by atoms with Crippen LogP contribution in [0.1, 0.15) is 38.3 Å². The van der Waals surface area contributed by atoms with Crippen molar-refractivity contribution in [1.29, 1.82) is 0 Å². The largest absolute Gasteiger partial charge is 0.394 e. The molecule has 1 aliphatic heterocycles. The summed E-state index contributed by atoms with van der Waals surface area (Å²) in [6, 6.07) is 0.431. The normalized spacial score (nSPS) is 43.3. The first-order valence-corrected chi connectivity index (χ1v) is 10.7. The van der Waals surface area contributed by atoms with Crippen molar-refractivity contribution in [3.8, 4) is 0 Å². The number of imidazole rings is 1. The van der Waals surface area contributed by atoms with Gasteiger partial charge in [-0.05, 0) is 55.8 Å². The molecule has 29 heavy (non-hydrogen) atoms. The van der Waals surface area contributed by atoms with E-state index >= 15 is 0 Å². The maximum absolute atomic E-state index is 10.4. The van der Waals surface area contributed by atoms with Crippen LogP contribution in [0.5, 0.6) is 0 Å². The molecule has 9 heteroatoms. The van der Waals surface area contributed by atoms with Crippen LogP contribution in [-0.4, -0.2) is 65.8 Å². The summed E-state index contributed by atoms with van der Waals surface area (Å²) in [5.74, 6) is 3.95. The SMILES string of the molecule is OC[C@H]1OC(n2cnc3c(NC4C5CC6CC(C5)CC4C6)ncnc32)[C@H](O)[C@@H]1O. The van der Waals surface area contributed by atoms with Gasteiger partial charge in [-0.1, -0.05) is 0 Å². The summed E-state index contributed by atoms with van der Waals surface area (Å²) < 4.78 is 7.26. The second-order valence-corrected chi connectivity index (χ2v) is 9.38. The predicted octanol–water partition coefficient (Wildman–Crippen LogP) is 0.674. The number of fused-ring (bicyclic) bond motifs is 1. The number of anilines is 1. The molecule has 4 aliphatic carbocycles. The molecule has 2 aromatic heterocycles. The fraction of sp³-hybridized carbons (Fsp3) is 0.750. The van der Waals surface area contributed by atoms with E-state index in [9.17, 15) is 15.3 Å². The van der Waals surface area contributed by atoms with E-state index in [-0.39, 0.29) is 6.61 Å². The average Bonchev–Trinajstić information content (AvgIpc) is 3.26. The molecule has 9 nitrogen and oxygen atoms in total. The van der Waals surface area contributed by atoms with E-state index < -0.39 is 24.5 Å². The van der Waals surface area contributed by atoms with Crippen LogP contribution >= 0.6 is 0 Å². The quantitative estimate of drug-likeness (QED) is 0.589. The van der Waals surface area contributed by atoms with Crippen molar-refractivity contribution in [2.75, 3.05) is 11.9 Å². The fourth-order valence-corrected chi connectivity index (χ4v) is 6.57. The first-order valence-electron chi connectivity index (χ1n) is 10.7. The van der Waals surface area contributed by atoms with Gasteiger partial charge in [0.05, 0.1) is 12.9 Å². The molecular weight excluding hydrogens is 374 g/mol. The molecule has 3 heterocycles. The molecule has 0 radical (unpaired) electrons. The number of aliphatic hydroxyl groups excluding tert-OH is 3. The maximum Gasteiger partial charge on any atom is 0.167 e. The van der Waals surface area contributed by atoms with E-state index in [2.05, 4.69) is 20.3 Å². The molecule has 5 fully saturated rings. The molecule has 7 rings (SSSR count). The van der Waals surface area contributed by atoms with Crippen molar-refractivity contribution in [3.05, 3.63) is 12.7 Å². The molecule has 4 bridgehead atoms. The van der Waals surface area contributed by atoms with Gasteiger partial charge in [-0.3, -0.25) is 4.57 Å². The van der Waals surface area contributed by atoms with Crippen LogP contribution in [0.3, 0.4) is 0 Å². The number of nitrogens with one attached hydrogen (secondary N) is 1. The molecule has 4 atom stereocenters. The van der Waals surface area contributed by atoms with Gasteiger partial charge >= 0.3 is 0 Å². The predicted molar refractivity (Wildman–Crippen MR) is 103 cm³/mol. The lowest BCUT2D eigenvalue weighted by atomic mass is 9.54. The Morgan fingerprint density at radius 1 is 1.00 bits per heavy atom. The number of nitrogens with zero attached hydrogens (tertiary/aromatic N) is 4. The fourth-order valence-electron chi connectivity index (χ4n) is 6.57. The summed E-state index contributed by atoms with van der Waals surface area (Å²) in [4.78, 5) is 13.3. The van der Waals surface area contributed by atoms with Crippen molar-refractivity contribution in [3.63, 3.8) is 0 Å². The zero-order valence-electron chi connectivity index (χ0n) is 16.1. The Hall–Kier alpha value is -1.81. The Kier molecular flexibility index (Phi) is 4.09. The lowest BCUT2D eigenvalue weighted by molar-refractivity contribution is -0.0511. The Balaban J connectivity index is 1.30. The molecule has 4 saturated carbocycles. The van der Waals surface area contributed by atoms with Crippen LogP contribution in [0.2, 0.25) is 0 Å². The van der Waals surface area contributed by atoms with Crippen LogP contribution in [0, 0.1) is 23.7 Å². The summed E-state index contributed by atoms with van der Waals surface area (Å²) in [5.41, 5.74) is 1.18. The molecule has 1 saturated heterocycles. The summed E-state index contributed by atoms with van der Waals surface area (Å²) >= 11 is 0. The lowest BCUT2D eigenvalue weighted by Gasteiger charge is -2.54. The minimum absolute atomic E-state index is 0.365. The third-order valence-electron chi connectivity index (χ3n) is 7.68. The van der Waals surface area contributed by atoms with Gasteiger partial charge in [-0.15, -0.1) is 0 Å². The monoisotopic (exact) mass is 401 g/mol. The average molecular weight is 401 g/mol. The van der Waals surface area contributed by atoms with Crippen molar-refractivity contribution in [2.24, 2.45) is 23.7 Å². The van der Waals surface area contributed by atoms with Crippen molar-refractivity contribution in [1.82, 2.24) is 19.5 Å². The van der Waals surface area contributed by atoms with Crippen LogP contribution in [0.15, 0.2) is 12.7 Å². The molecule has 5 aliphatic rings. The highest BCUT2D eigenvalue weighted by atomic mass is 16.6. The number of hydrogen-bond acceptors (Lipinski definition) is 8. The lowest BCUT2D eigenvalue weighted by Crippen LogP contribution is -2.51. The van der Waals surface area contributed by atoms with Gasteiger partial charge in [0.2, 0.25) is 0 Å². The number of rotatable bonds is 4. The molecule has 0 amide bonds. The van der Waals surface area contributed by atoms with Crippen molar-refractivity contribution >= 4 is 17.0 Å². The number of ether oxygens (including phenoxy) is 1. The Labute approximate surface area is 168 Å². The first kappa shape index (κ1) is 18.0. The highest BCUT2D eigenvalue weighted by molar-refractivity contribution is 5.82. The maximum atomic E-state index is 10.4. The zero-order chi connectivity index (χ0) is 19.7. The van der Waals surface area contributed by atoms with Gasteiger partial charge in [0.25, 0.3) is 0 Å². The molecule has 0 aromatic carbocycles. The second-order valence-electron chi connectivity index (χ2n) is 9.38. The molecule has 1 unspecified atom stereocenters. The Morgan fingerprint density at radius 2 is 1.72 bits per heavy atom. The molecular formula is C20H27N5O4. The Morgan fingerprint density at radius 3 is 2.38 bits per heavy atom. The Bertz CT molecular complexity index is 891. The van der Waals surface area contributed by atoms with E-state index in [0.29, 0.717) is 29.0 Å². The first-order chi connectivity index (χ1) is 14.1. The topological polar surface area (TPSA) is 126 Å². The standard InChI is InChI=1S/C20H27N5O4/c26-6-13-16(27)17(28)20(29-13)25-8-23-15-18(21-7-22-19(15)25)24-14-11-2-9-1-10(4-11)5-12(14)3-9/h7-14,16-17,20,26-28H,1-6H2,(H,21,22,24)/t9?,10?,11?,12?,13-,14?,16-,17-,20?/m1/s1. The van der Waals surface area contributed by atoms with Crippen LogP contribution in [0.4, 0.5) is 5.82 Å². The minimum atomic E-state index is -1.17. The van der Waals surface area contributed by atoms with Gasteiger partial charge in [0, 0.05) is 6.04 Å². The van der Waals surface area contributed by atoms with E-state index in [1.165, 1.54) is 38.4 Å². The third-order valence-corrected chi connectivity index (χ3v) is 7.68. The van der Waals surface area contributed by atoms with Crippen LogP contribution < -0.4 is 5.32 Å². The van der Waals surface area contributed by atoms with Gasteiger partial charge in [-0.2, -0.15) is 0 Å². The summed E-state index contributed by atoms with van der Waals surface area (Å²) in [6.45, 7) is -0.365. The smallest absolute Gasteiger partial charge is 0.167 e. The highest BCUT2D eigenvalue weighted by Crippen LogP contribution is 2.54. The molecule has 0 spiro atoms. The van der Waals surface area contributed by atoms with Crippen molar-refractivity contribution < 1.29 is 20.1 Å². The van der Waals surface area contributed by atoms with Gasteiger partial charge in [0.15, 0.2) is 23.2 Å². The number of aromatic nitrogens is 4. The number of hydrogen-bond donors (Lipinski definition) is 4. The van der Waals surface area contributed by atoms with E-state index in [0.717, 1.165) is 17.7 Å². The molecule has 2 aromatic rings. The second kappa shape index (κ2) is 6.60. The van der Waals surface area contributed by atoms with E-state index in [4.69, 9.17) is 4.74 Å². The molecule has 4 N–H and O–H groups in total. The van der Waals surface area contributed by atoms with E-state index in [1.54, 1.807) is 10.9 Å². The molecule has 156 valence electrons. The van der Waals surface area contributed by atoms with Gasteiger partial charge in [0.1, 0.15) is 24.6 Å². The zero-order valence-corrected chi connectivity index (χ0v) is 16.1. The van der Waals surface area contributed by atoms with Crippen LogP contribution in [0.25, 0.3) is 11.2 Å². The number of aliphatic hydroxyl groups is 3. The highest BCUT2D eigenvalue weighted by Gasteiger charge is 2.48.